The van der Waals surface area contributed by atoms with Gasteiger partial charge in [0.25, 0.3) is 0 Å². The molecule has 1 fully saturated rings. The van der Waals surface area contributed by atoms with Gasteiger partial charge in [0.05, 0.1) is 17.1 Å². The number of hydrogen-bond acceptors (Lipinski definition) is 5. The van der Waals surface area contributed by atoms with Gasteiger partial charge in [0.2, 0.25) is 10.0 Å². The van der Waals surface area contributed by atoms with Gasteiger partial charge in [-0.2, -0.15) is 0 Å². The zero-order valence-corrected chi connectivity index (χ0v) is 14.1. The van der Waals surface area contributed by atoms with Crippen molar-refractivity contribution in [2.24, 2.45) is 0 Å². The van der Waals surface area contributed by atoms with Crippen LogP contribution in [0, 0.1) is 6.92 Å². The molecule has 1 N–H and O–H groups in total. The van der Waals surface area contributed by atoms with E-state index in [2.05, 4.69) is 10.5 Å². The lowest BCUT2D eigenvalue weighted by Gasteiger charge is -2.20. The third-order valence-electron chi connectivity index (χ3n) is 4.02. The molecule has 0 aliphatic carbocycles. The minimum atomic E-state index is -3.14. The summed E-state index contributed by atoms with van der Waals surface area (Å²) in [5.74, 6) is 1.02. The Kier molecular flexibility index (Phi) is 4.41. The number of sulfonamides is 1. The first-order valence-electron chi connectivity index (χ1n) is 7.72. The van der Waals surface area contributed by atoms with Crippen LogP contribution in [0.1, 0.15) is 36.4 Å². The van der Waals surface area contributed by atoms with E-state index in [1.807, 2.05) is 44.2 Å². The highest BCUT2D eigenvalue weighted by molar-refractivity contribution is 7.93. The average molecular weight is 335 g/mol. The Morgan fingerprint density at radius 2 is 2.22 bits per heavy atom. The second-order valence-corrected chi connectivity index (χ2v) is 7.88. The zero-order valence-electron chi connectivity index (χ0n) is 13.3. The Hall–Kier alpha value is -1.86. The van der Waals surface area contributed by atoms with Crippen LogP contribution in [0.2, 0.25) is 0 Å². The van der Waals surface area contributed by atoms with Crippen LogP contribution in [0.25, 0.3) is 0 Å². The molecule has 3 rings (SSSR count). The first kappa shape index (κ1) is 16.0. The van der Waals surface area contributed by atoms with E-state index in [0.29, 0.717) is 19.5 Å². The van der Waals surface area contributed by atoms with Crippen LogP contribution >= 0.6 is 0 Å². The predicted molar refractivity (Wildman–Crippen MR) is 88.7 cm³/mol. The molecule has 7 heteroatoms. The molecule has 0 unspecified atom stereocenters. The lowest BCUT2D eigenvalue weighted by Crippen LogP contribution is -2.25. The first-order chi connectivity index (χ1) is 11.0. The summed E-state index contributed by atoms with van der Waals surface area (Å²) in [6.07, 6.45) is 0.686. The van der Waals surface area contributed by atoms with E-state index in [4.69, 9.17) is 4.52 Å². The molecule has 1 aromatic heterocycles. The number of benzene rings is 1. The molecule has 1 saturated heterocycles. The Morgan fingerprint density at radius 1 is 1.39 bits per heavy atom. The van der Waals surface area contributed by atoms with Gasteiger partial charge in [-0.15, -0.1) is 0 Å². The van der Waals surface area contributed by atoms with Crippen molar-refractivity contribution < 1.29 is 12.9 Å². The van der Waals surface area contributed by atoms with Crippen LogP contribution in [0.15, 0.2) is 34.9 Å². The maximum atomic E-state index is 12.0. The number of aromatic nitrogens is 1. The largest absolute Gasteiger partial charge is 0.361 e. The highest BCUT2D eigenvalue weighted by atomic mass is 32.2. The molecule has 1 aromatic carbocycles. The summed E-state index contributed by atoms with van der Waals surface area (Å²) in [7, 11) is -3.14. The van der Waals surface area contributed by atoms with E-state index in [0.717, 1.165) is 22.7 Å². The summed E-state index contributed by atoms with van der Waals surface area (Å²) >= 11 is 0. The monoisotopic (exact) mass is 335 g/mol. The number of anilines is 1. The van der Waals surface area contributed by atoms with Crippen molar-refractivity contribution in [3.05, 3.63) is 47.3 Å². The minimum Gasteiger partial charge on any atom is -0.361 e. The number of aryl methyl sites for hydroxylation is 1. The fourth-order valence-electron chi connectivity index (χ4n) is 2.76. The summed E-state index contributed by atoms with van der Waals surface area (Å²) in [4.78, 5) is 0. The molecule has 0 bridgehead atoms. The molecule has 1 aliphatic rings. The molecule has 124 valence electrons. The first-order valence-corrected chi connectivity index (χ1v) is 9.32. The van der Waals surface area contributed by atoms with Crippen LogP contribution in [0.4, 0.5) is 5.69 Å². The van der Waals surface area contributed by atoms with Gasteiger partial charge in [0, 0.05) is 25.2 Å². The molecule has 23 heavy (non-hydrogen) atoms. The molecule has 1 aliphatic heterocycles. The Morgan fingerprint density at radius 3 is 2.87 bits per heavy atom. The van der Waals surface area contributed by atoms with Gasteiger partial charge in [-0.25, -0.2) is 8.42 Å². The molecule has 0 spiro atoms. The van der Waals surface area contributed by atoms with E-state index < -0.39 is 10.0 Å². The van der Waals surface area contributed by atoms with E-state index in [-0.39, 0.29) is 11.8 Å². The Bertz CT molecular complexity index is 785. The number of rotatable bonds is 5. The van der Waals surface area contributed by atoms with Crippen molar-refractivity contribution >= 4 is 15.7 Å². The quantitative estimate of drug-likeness (QED) is 0.908. The van der Waals surface area contributed by atoms with Crippen LogP contribution < -0.4 is 9.62 Å². The molecular formula is C16H21N3O3S. The topological polar surface area (TPSA) is 75.4 Å². The molecular weight excluding hydrogens is 314 g/mol. The normalized spacial score (nSPS) is 18.3. The maximum Gasteiger partial charge on any atom is 0.235 e. The van der Waals surface area contributed by atoms with Gasteiger partial charge < -0.3 is 9.84 Å². The van der Waals surface area contributed by atoms with Crippen LogP contribution in [-0.2, 0) is 16.6 Å². The Balaban J connectivity index is 1.71. The molecule has 1 atom stereocenters. The second-order valence-electron chi connectivity index (χ2n) is 5.87. The fraction of sp³-hybridized carbons (Fsp3) is 0.438. The lowest BCUT2D eigenvalue weighted by molar-refractivity contribution is 0.386. The van der Waals surface area contributed by atoms with Crippen molar-refractivity contribution in [2.45, 2.75) is 32.9 Å². The maximum absolute atomic E-state index is 12.0. The van der Waals surface area contributed by atoms with Crippen molar-refractivity contribution in [2.75, 3.05) is 16.6 Å². The van der Waals surface area contributed by atoms with E-state index in [1.165, 1.54) is 4.31 Å². The van der Waals surface area contributed by atoms with Crippen molar-refractivity contribution in [3.63, 3.8) is 0 Å². The molecule has 2 aromatic rings. The average Bonchev–Trinajstić information content (AvgIpc) is 3.10. The van der Waals surface area contributed by atoms with Gasteiger partial charge in [0.1, 0.15) is 5.76 Å². The highest BCUT2D eigenvalue weighted by Gasteiger charge is 2.28. The zero-order chi connectivity index (χ0) is 16.4. The third-order valence-corrected chi connectivity index (χ3v) is 5.89. The highest BCUT2D eigenvalue weighted by Crippen LogP contribution is 2.26. The Labute approximate surface area is 136 Å². The van der Waals surface area contributed by atoms with Gasteiger partial charge in [0.15, 0.2) is 0 Å². The fourth-order valence-corrected chi connectivity index (χ4v) is 4.31. The molecule has 0 saturated carbocycles. The summed E-state index contributed by atoms with van der Waals surface area (Å²) < 4.78 is 30.6. The van der Waals surface area contributed by atoms with Crippen LogP contribution in [-0.4, -0.2) is 25.9 Å². The second kappa shape index (κ2) is 6.33. The number of hydrogen-bond donors (Lipinski definition) is 1. The predicted octanol–water partition coefficient (Wildman–Crippen LogP) is 2.37. The molecule has 2 heterocycles. The molecule has 0 amide bonds. The van der Waals surface area contributed by atoms with E-state index in [1.54, 1.807) is 0 Å². The number of nitrogens with one attached hydrogen (secondary N) is 1. The minimum absolute atomic E-state index is 0.0808. The van der Waals surface area contributed by atoms with Crippen LogP contribution in [0.3, 0.4) is 0 Å². The smallest absolute Gasteiger partial charge is 0.235 e. The van der Waals surface area contributed by atoms with Crippen molar-refractivity contribution in [1.82, 2.24) is 10.5 Å². The molecule has 0 radical (unpaired) electrons. The lowest BCUT2D eigenvalue weighted by atomic mass is 10.1. The summed E-state index contributed by atoms with van der Waals surface area (Å²) in [6.45, 7) is 5.07. The van der Waals surface area contributed by atoms with Gasteiger partial charge in [-0.3, -0.25) is 4.31 Å². The molecule has 6 nitrogen and oxygen atoms in total. The third kappa shape index (κ3) is 3.56. The van der Waals surface area contributed by atoms with Crippen LogP contribution in [0.5, 0.6) is 0 Å². The number of nitrogens with zero attached hydrogens (tertiary/aromatic N) is 2. The van der Waals surface area contributed by atoms with Gasteiger partial charge in [-0.1, -0.05) is 17.3 Å². The van der Waals surface area contributed by atoms with Crippen molar-refractivity contribution in [3.8, 4) is 0 Å². The van der Waals surface area contributed by atoms with Crippen molar-refractivity contribution in [1.29, 1.82) is 0 Å². The summed E-state index contributed by atoms with van der Waals surface area (Å²) in [5, 5.41) is 7.33. The van der Waals surface area contributed by atoms with E-state index in [9.17, 15) is 8.42 Å². The standard InChI is InChI=1S/C16H21N3O3S/c1-12-9-15(18-22-12)11-17-13(2)14-5-3-6-16(10-14)19-7-4-8-23(19,20)21/h3,5-6,9-10,13,17H,4,7-8,11H2,1-2H3/t13-/m0/s1. The van der Waals surface area contributed by atoms with E-state index >= 15 is 0 Å². The van der Waals surface area contributed by atoms with Gasteiger partial charge >= 0.3 is 0 Å². The summed E-state index contributed by atoms with van der Waals surface area (Å²) in [6, 6.07) is 9.66. The summed E-state index contributed by atoms with van der Waals surface area (Å²) in [5.41, 5.74) is 2.64. The van der Waals surface area contributed by atoms with Gasteiger partial charge in [-0.05, 0) is 38.0 Å². The SMILES string of the molecule is Cc1cc(CN[C@@H](C)c2cccc(N3CCCS3(=O)=O)c2)no1.